The largest absolute Gasteiger partial charge is 0.406 e. The van der Waals surface area contributed by atoms with Crippen molar-refractivity contribution < 1.29 is 23.8 Å². The van der Waals surface area contributed by atoms with Gasteiger partial charge < -0.3 is 10.2 Å². The lowest BCUT2D eigenvalue weighted by Gasteiger charge is -2.24. The molecule has 0 radical (unpaired) electrons. The van der Waals surface area contributed by atoms with Crippen molar-refractivity contribution in [3.8, 4) is 0 Å². The number of aromatic nitrogens is 1. The Labute approximate surface area is 193 Å². The van der Waals surface area contributed by atoms with Crippen LogP contribution in [0.4, 0.5) is 6.01 Å². The molecule has 1 aliphatic heterocycles. The molecule has 0 fully saturated rings. The fourth-order valence-electron chi connectivity index (χ4n) is 3.92. The molecule has 3 amide bonds. The first kappa shape index (κ1) is 21.1. The summed E-state index contributed by atoms with van der Waals surface area (Å²) < 4.78 is 5.56. The first-order valence-corrected chi connectivity index (χ1v) is 10.6. The van der Waals surface area contributed by atoms with E-state index in [1.165, 1.54) is 0 Å². The quantitative estimate of drug-likeness (QED) is 0.233. The Morgan fingerprint density at radius 2 is 1.56 bits per heavy atom. The molecule has 1 aromatic heterocycles. The van der Waals surface area contributed by atoms with Crippen LogP contribution in [0, 0.1) is 0 Å². The second-order valence-corrected chi connectivity index (χ2v) is 7.75. The molecular weight excluding hydrogens is 434 g/mol. The Hall–Kier alpha value is -4.79. The van der Waals surface area contributed by atoms with Gasteiger partial charge >= 0.3 is 12.0 Å². The van der Waals surface area contributed by atoms with Crippen molar-refractivity contribution in [3.63, 3.8) is 0 Å². The number of benzene rings is 3. The summed E-state index contributed by atoms with van der Waals surface area (Å²) in [4.78, 5) is 47.4. The number of nitrogens with one attached hydrogen (secondary N) is 2. The van der Waals surface area contributed by atoms with Gasteiger partial charge in [-0.2, -0.15) is 0 Å². The van der Waals surface area contributed by atoms with E-state index >= 15 is 0 Å². The summed E-state index contributed by atoms with van der Waals surface area (Å²) in [6, 6.07) is 21.7. The summed E-state index contributed by atoms with van der Waals surface area (Å²) >= 11 is 0. The summed E-state index contributed by atoms with van der Waals surface area (Å²) in [6.07, 6.45) is 0.119. The molecule has 34 heavy (non-hydrogen) atoms. The summed E-state index contributed by atoms with van der Waals surface area (Å²) in [5, 5.41) is 2.54. The van der Waals surface area contributed by atoms with Crippen LogP contribution < -0.4 is 16.0 Å². The van der Waals surface area contributed by atoms with Gasteiger partial charge in [-0.05, 0) is 29.8 Å². The van der Waals surface area contributed by atoms with Gasteiger partial charge in [0.2, 0.25) is 0 Å². The molecule has 4 aromatic rings. The maximum Gasteiger partial charge on any atom is 0.406 e. The summed E-state index contributed by atoms with van der Waals surface area (Å²) in [6.45, 7) is 0. The smallest absolute Gasteiger partial charge is 0.404 e. The maximum absolute atomic E-state index is 13.3. The number of carbonyl (C=O) groups is 3. The second-order valence-electron chi connectivity index (χ2n) is 7.75. The highest BCUT2D eigenvalue weighted by atomic mass is 16.4. The molecule has 2 heterocycles. The highest BCUT2D eigenvalue weighted by Gasteiger charge is 2.43. The van der Waals surface area contributed by atoms with Gasteiger partial charge in [0, 0.05) is 6.42 Å². The van der Waals surface area contributed by atoms with E-state index in [-0.39, 0.29) is 29.5 Å². The van der Waals surface area contributed by atoms with Crippen LogP contribution in [0.25, 0.3) is 11.1 Å². The molecule has 5 rings (SSSR count). The topological polar surface area (TPSA) is 132 Å². The van der Waals surface area contributed by atoms with E-state index in [4.69, 9.17) is 10.2 Å². The van der Waals surface area contributed by atoms with Crippen molar-refractivity contribution in [2.75, 3.05) is 0 Å². The number of hydrogen-bond acceptors (Lipinski definition) is 5. The average Bonchev–Trinajstić information content (AvgIpc) is 3.36. The van der Waals surface area contributed by atoms with Crippen LogP contribution in [-0.4, -0.2) is 39.6 Å². The van der Waals surface area contributed by atoms with Crippen molar-refractivity contribution in [3.05, 3.63) is 95.6 Å². The molecular formula is C25H20N5O4+. The van der Waals surface area contributed by atoms with Gasteiger partial charge in [-0.25, -0.2) is 10.3 Å². The minimum atomic E-state index is -1.13. The van der Waals surface area contributed by atoms with Gasteiger partial charge in [-0.1, -0.05) is 59.6 Å². The number of imide groups is 1. The van der Waals surface area contributed by atoms with E-state index in [1.54, 1.807) is 36.4 Å². The van der Waals surface area contributed by atoms with Gasteiger partial charge in [-0.3, -0.25) is 19.3 Å². The van der Waals surface area contributed by atoms with E-state index in [1.807, 2.05) is 42.5 Å². The monoisotopic (exact) mass is 454 g/mol. The Bertz CT molecular complexity index is 1380. The van der Waals surface area contributed by atoms with E-state index in [0.717, 1.165) is 10.5 Å². The predicted molar refractivity (Wildman–Crippen MR) is 123 cm³/mol. The minimum Gasteiger partial charge on any atom is -0.404 e. The minimum absolute atomic E-state index is 0.0966. The Morgan fingerprint density at radius 3 is 2.24 bits per heavy atom. The third-order valence-electron chi connectivity index (χ3n) is 5.51. The SMILES string of the molecule is NC(NC(=O)[C@@H](Cc1ccccc1)N1C(=O)c2ccccc2C1=O)=[NH+]c1nc2ccccc2o1. The number of rotatable bonds is 5. The molecule has 9 nitrogen and oxygen atoms in total. The van der Waals surface area contributed by atoms with Crippen LogP contribution in [0.2, 0.25) is 0 Å². The summed E-state index contributed by atoms with van der Waals surface area (Å²) in [7, 11) is 0. The molecule has 0 saturated heterocycles. The van der Waals surface area contributed by atoms with Gasteiger partial charge in [0.1, 0.15) is 6.04 Å². The first-order chi connectivity index (χ1) is 16.5. The zero-order valence-electron chi connectivity index (χ0n) is 17.9. The van der Waals surface area contributed by atoms with Gasteiger partial charge in [-0.15, -0.1) is 0 Å². The number of carbonyl (C=O) groups excluding carboxylic acids is 3. The number of para-hydroxylation sites is 2. The van der Waals surface area contributed by atoms with Crippen LogP contribution in [0.15, 0.2) is 83.3 Å². The van der Waals surface area contributed by atoms with Crippen LogP contribution in [0.3, 0.4) is 0 Å². The van der Waals surface area contributed by atoms with E-state index in [9.17, 15) is 14.4 Å². The molecule has 4 N–H and O–H groups in total. The molecule has 3 aromatic carbocycles. The fourth-order valence-corrected chi connectivity index (χ4v) is 3.92. The molecule has 9 heteroatoms. The van der Waals surface area contributed by atoms with Gasteiger partial charge in [0.15, 0.2) is 11.1 Å². The van der Waals surface area contributed by atoms with Crippen LogP contribution in [-0.2, 0) is 11.2 Å². The van der Waals surface area contributed by atoms with Crippen LogP contribution in [0.1, 0.15) is 26.3 Å². The fraction of sp³-hybridized carbons (Fsp3) is 0.0800. The maximum atomic E-state index is 13.3. The lowest BCUT2D eigenvalue weighted by atomic mass is 10.0. The lowest BCUT2D eigenvalue weighted by Crippen LogP contribution is -2.75. The van der Waals surface area contributed by atoms with E-state index in [2.05, 4.69) is 15.3 Å². The molecule has 0 unspecified atom stereocenters. The Morgan fingerprint density at radius 1 is 0.941 bits per heavy atom. The number of nitrogens with two attached hydrogens (primary N) is 1. The molecule has 0 spiro atoms. The van der Waals surface area contributed by atoms with E-state index in [0.29, 0.717) is 11.1 Å². The first-order valence-electron chi connectivity index (χ1n) is 10.6. The van der Waals surface area contributed by atoms with Crippen LogP contribution in [0.5, 0.6) is 0 Å². The average molecular weight is 454 g/mol. The van der Waals surface area contributed by atoms with Crippen molar-refractivity contribution in [1.29, 1.82) is 0 Å². The number of hydrogen-bond donors (Lipinski definition) is 3. The second kappa shape index (κ2) is 8.62. The summed E-state index contributed by atoms with van der Waals surface area (Å²) in [5.74, 6) is -1.82. The molecule has 1 aliphatic rings. The van der Waals surface area contributed by atoms with Gasteiger partial charge in [0.25, 0.3) is 17.7 Å². The Balaban J connectivity index is 1.43. The third-order valence-corrected chi connectivity index (χ3v) is 5.51. The molecule has 0 saturated carbocycles. The number of nitrogens with zero attached hydrogens (tertiary/aromatic N) is 2. The predicted octanol–water partition coefficient (Wildman–Crippen LogP) is 0.878. The third kappa shape index (κ3) is 3.90. The molecule has 0 aliphatic carbocycles. The van der Waals surface area contributed by atoms with Crippen molar-refractivity contribution in [2.24, 2.45) is 5.73 Å². The highest BCUT2D eigenvalue weighted by Crippen LogP contribution is 2.26. The zero-order valence-corrected chi connectivity index (χ0v) is 17.9. The number of guanidine groups is 1. The number of amides is 3. The Kier molecular flexibility index (Phi) is 5.35. The number of oxazole rings is 1. The molecule has 168 valence electrons. The normalized spacial score (nSPS) is 14.4. The molecule has 1 atom stereocenters. The lowest BCUT2D eigenvalue weighted by molar-refractivity contribution is -0.381. The highest BCUT2D eigenvalue weighted by molar-refractivity contribution is 6.23. The van der Waals surface area contributed by atoms with Crippen molar-refractivity contribution >= 4 is 40.8 Å². The standard InChI is InChI=1S/C25H19N5O4/c26-24(29-25-27-18-12-6-7-13-20(18)34-25)28-21(31)19(14-15-8-2-1-3-9-15)30-22(32)16-10-4-5-11-17(16)23(30)33/h1-13,19H,14H2,(H3,26,27,28,29,31)/p+1/t19-/m1/s1. The van der Waals surface area contributed by atoms with Gasteiger partial charge in [0.05, 0.1) is 11.1 Å². The van der Waals surface area contributed by atoms with Crippen molar-refractivity contribution in [1.82, 2.24) is 15.2 Å². The molecule has 0 bridgehead atoms. The summed E-state index contributed by atoms with van der Waals surface area (Å²) in [5.41, 5.74) is 8.48. The number of fused-ring (bicyclic) bond motifs is 2. The van der Waals surface area contributed by atoms with Crippen LogP contribution >= 0.6 is 0 Å². The zero-order chi connectivity index (χ0) is 23.7. The van der Waals surface area contributed by atoms with Crippen molar-refractivity contribution in [2.45, 2.75) is 12.5 Å². The van der Waals surface area contributed by atoms with E-state index < -0.39 is 23.8 Å².